The second kappa shape index (κ2) is 6.41. The fourth-order valence-electron chi connectivity index (χ4n) is 1.91. The first kappa shape index (κ1) is 15.1. The van der Waals surface area contributed by atoms with Crippen molar-refractivity contribution < 1.29 is 0 Å². The van der Waals surface area contributed by atoms with Crippen molar-refractivity contribution in [1.82, 2.24) is 9.78 Å². The second-order valence-corrected chi connectivity index (χ2v) is 6.82. The smallest absolute Gasteiger partial charge is 0.0632 e. The molecule has 0 aliphatic carbocycles. The molecule has 2 aromatic rings. The number of hydrogen-bond donors (Lipinski definition) is 1. The third kappa shape index (κ3) is 3.61. The largest absolute Gasteiger partial charge is 0.378 e. The average molecular weight is 452 g/mol. The summed E-state index contributed by atoms with van der Waals surface area (Å²) in [4.78, 5) is 0. The number of aryl methyl sites for hydroxylation is 2. The van der Waals surface area contributed by atoms with E-state index in [9.17, 15) is 0 Å². The van der Waals surface area contributed by atoms with Gasteiger partial charge >= 0.3 is 0 Å². The predicted octanol–water partition coefficient (Wildman–Crippen LogP) is 5.11. The van der Waals surface area contributed by atoms with Crippen LogP contribution in [0.1, 0.15) is 18.3 Å². The maximum atomic E-state index is 4.45. The molecule has 1 aromatic heterocycles. The Bertz CT molecular complexity index is 570. The van der Waals surface area contributed by atoms with E-state index in [1.807, 2.05) is 23.7 Å². The number of hydrogen-bond acceptors (Lipinski definition) is 2. The molecule has 0 spiro atoms. The molecule has 0 saturated heterocycles. The van der Waals surface area contributed by atoms with E-state index in [1.165, 1.54) is 5.69 Å². The van der Waals surface area contributed by atoms with Crippen molar-refractivity contribution in [2.75, 3.05) is 5.32 Å². The molecule has 1 N–H and O–H groups in total. The van der Waals surface area contributed by atoms with Crippen LogP contribution in [0.25, 0.3) is 0 Å². The molecule has 102 valence electrons. The van der Waals surface area contributed by atoms with E-state index in [-0.39, 0.29) is 0 Å². The van der Waals surface area contributed by atoms with Gasteiger partial charge in [0.25, 0.3) is 0 Å². The number of rotatable bonds is 4. The van der Waals surface area contributed by atoms with E-state index in [2.05, 4.69) is 71.2 Å². The molecule has 6 heteroatoms. The van der Waals surface area contributed by atoms with Crippen molar-refractivity contribution in [2.24, 2.45) is 0 Å². The minimum atomic E-state index is 0.744. The molecule has 0 saturated carbocycles. The van der Waals surface area contributed by atoms with Gasteiger partial charge in [0.1, 0.15) is 0 Å². The van der Waals surface area contributed by atoms with Gasteiger partial charge in [0, 0.05) is 20.0 Å². The number of benzene rings is 1. The Balaban J connectivity index is 2.19. The highest BCUT2D eigenvalue weighted by atomic mass is 79.9. The summed E-state index contributed by atoms with van der Waals surface area (Å²) in [6.07, 6.45) is 0. The number of halogens is 3. The highest BCUT2D eigenvalue weighted by molar-refractivity contribution is 9.11. The summed E-state index contributed by atoms with van der Waals surface area (Å²) in [7, 11) is 0. The molecule has 0 aliphatic heterocycles. The maximum Gasteiger partial charge on any atom is 0.0632 e. The van der Waals surface area contributed by atoms with Crippen LogP contribution in [0.4, 0.5) is 5.69 Å². The number of anilines is 1. The van der Waals surface area contributed by atoms with E-state index in [4.69, 9.17) is 0 Å². The summed E-state index contributed by atoms with van der Waals surface area (Å²) in [5.74, 6) is 0. The first-order chi connectivity index (χ1) is 9.01. The Morgan fingerprint density at radius 1 is 1.16 bits per heavy atom. The minimum Gasteiger partial charge on any atom is -0.378 e. The molecule has 19 heavy (non-hydrogen) atoms. The van der Waals surface area contributed by atoms with E-state index in [1.54, 1.807) is 0 Å². The van der Waals surface area contributed by atoms with E-state index in [0.717, 1.165) is 37.9 Å². The van der Waals surface area contributed by atoms with Crippen LogP contribution in [0.5, 0.6) is 0 Å². The van der Waals surface area contributed by atoms with Crippen LogP contribution in [-0.2, 0) is 13.1 Å². The molecular formula is C13H14Br3N3. The molecule has 0 amide bonds. The summed E-state index contributed by atoms with van der Waals surface area (Å²) in [5.41, 5.74) is 3.28. The van der Waals surface area contributed by atoms with Crippen molar-refractivity contribution in [3.8, 4) is 0 Å². The number of nitrogens with one attached hydrogen (secondary N) is 1. The summed E-state index contributed by atoms with van der Waals surface area (Å²) >= 11 is 10.6. The van der Waals surface area contributed by atoms with Gasteiger partial charge in [0.05, 0.1) is 23.6 Å². The highest BCUT2D eigenvalue weighted by Gasteiger charge is 2.09. The average Bonchev–Trinajstić information content (AvgIpc) is 2.68. The van der Waals surface area contributed by atoms with Gasteiger partial charge in [-0.1, -0.05) is 15.9 Å². The summed E-state index contributed by atoms with van der Waals surface area (Å²) in [6, 6.07) is 6.15. The molecule has 2 rings (SSSR count). The Hall–Kier alpha value is -0.330. The van der Waals surface area contributed by atoms with E-state index in [0.29, 0.717) is 0 Å². The van der Waals surface area contributed by atoms with Crippen LogP contribution in [0.3, 0.4) is 0 Å². The Morgan fingerprint density at radius 3 is 2.37 bits per heavy atom. The molecule has 3 nitrogen and oxygen atoms in total. The normalized spacial score (nSPS) is 10.8. The zero-order valence-corrected chi connectivity index (χ0v) is 15.4. The van der Waals surface area contributed by atoms with Crippen LogP contribution in [0, 0.1) is 6.92 Å². The number of nitrogens with zero attached hydrogens (tertiary/aromatic N) is 2. The molecule has 1 aromatic carbocycles. The second-order valence-electron chi connectivity index (χ2n) is 4.19. The molecular weight excluding hydrogens is 438 g/mol. The Kier molecular flexibility index (Phi) is 5.09. The fourth-order valence-corrected chi connectivity index (χ4v) is 4.44. The molecule has 0 unspecified atom stereocenters. The Morgan fingerprint density at radius 2 is 1.79 bits per heavy atom. The van der Waals surface area contributed by atoms with Crippen LogP contribution in [-0.4, -0.2) is 9.78 Å². The quantitative estimate of drug-likeness (QED) is 0.700. The standard InChI is InChI=1S/C13H14Br3N3/c1-3-19-10(4-8(2)18-19)7-17-13-11(15)5-9(14)6-12(13)16/h4-6,17H,3,7H2,1-2H3. The van der Waals surface area contributed by atoms with Gasteiger partial charge in [-0.15, -0.1) is 0 Å². The van der Waals surface area contributed by atoms with Crippen LogP contribution < -0.4 is 5.32 Å². The summed E-state index contributed by atoms with van der Waals surface area (Å²) in [5, 5.41) is 7.88. The number of aromatic nitrogens is 2. The lowest BCUT2D eigenvalue weighted by molar-refractivity contribution is 0.623. The topological polar surface area (TPSA) is 29.9 Å². The SMILES string of the molecule is CCn1nc(C)cc1CNc1c(Br)cc(Br)cc1Br. The van der Waals surface area contributed by atoms with Gasteiger partial charge in [-0.25, -0.2) is 0 Å². The van der Waals surface area contributed by atoms with Gasteiger partial charge in [0.2, 0.25) is 0 Å². The highest BCUT2D eigenvalue weighted by Crippen LogP contribution is 2.34. The Labute approximate surface area is 138 Å². The van der Waals surface area contributed by atoms with E-state index >= 15 is 0 Å². The van der Waals surface area contributed by atoms with Gasteiger partial charge in [-0.3, -0.25) is 4.68 Å². The van der Waals surface area contributed by atoms with Crippen LogP contribution in [0.15, 0.2) is 31.6 Å². The first-order valence-electron chi connectivity index (χ1n) is 5.93. The summed E-state index contributed by atoms with van der Waals surface area (Å²) in [6.45, 7) is 5.74. The summed E-state index contributed by atoms with van der Waals surface area (Å²) < 4.78 is 5.09. The molecule has 0 aliphatic rings. The molecule has 0 atom stereocenters. The van der Waals surface area contributed by atoms with Gasteiger partial charge in [-0.2, -0.15) is 5.10 Å². The lowest BCUT2D eigenvalue weighted by Crippen LogP contribution is -2.08. The molecule has 0 radical (unpaired) electrons. The van der Waals surface area contributed by atoms with Crippen molar-refractivity contribution in [2.45, 2.75) is 26.9 Å². The lowest BCUT2D eigenvalue weighted by atomic mass is 10.3. The molecule has 1 heterocycles. The van der Waals surface area contributed by atoms with Crippen molar-refractivity contribution in [3.63, 3.8) is 0 Å². The third-order valence-electron chi connectivity index (χ3n) is 2.74. The zero-order valence-electron chi connectivity index (χ0n) is 10.7. The van der Waals surface area contributed by atoms with Gasteiger partial charge in [-0.05, 0) is 63.9 Å². The van der Waals surface area contributed by atoms with Gasteiger partial charge in [0.15, 0.2) is 0 Å². The molecule has 0 bridgehead atoms. The zero-order chi connectivity index (χ0) is 14.0. The lowest BCUT2D eigenvalue weighted by Gasteiger charge is -2.12. The van der Waals surface area contributed by atoms with E-state index < -0.39 is 0 Å². The van der Waals surface area contributed by atoms with Gasteiger partial charge < -0.3 is 5.32 Å². The van der Waals surface area contributed by atoms with Crippen LogP contribution >= 0.6 is 47.8 Å². The predicted molar refractivity (Wildman–Crippen MR) is 89.5 cm³/mol. The van der Waals surface area contributed by atoms with Crippen molar-refractivity contribution in [3.05, 3.63) is 43.0 Å². The molecule has 0 fully saturated rings. The van der Waals surface area contributed by atoms with Crippen LogP contribution in [0.2, 0.25) is 0 Å². The first-order valence-corrected chi connectivity index (χ1v) is 8.31. The third-order valence-corrected chi connectivity index (χ3v) is 4.45. The maximum absolute atomic E-state index is 4.45. The fraction of sp³-hybridized carbons (Fsp3) is 0.308. The minimum absolute atomic E-state index is 0.744. The van der Waals surface area contributed by atoms with Crippen molar-refractivity contribution in [1.29, 1.82) is 0 Å². The van der Waals surface area contributed by atoms with Crippen molar-refractivity contribution >= 4 is 53.5 Å². The monoisotopic (exact) mass is 449 g/mol.